The fourth-order valence-corrected chi connectivity index (χ4v) is 9.33. The third-order valence-electron chi connectivity index (χ3n) is 12.2. The third kappa shape index (κ3) is 5.82. The van der Waals surface area contributed by atoms with Gasteiger partial charge in [0.2, 0.25) is 0 Å². The lowest BCUT2D eigenvalue weighted by molar-refractivity contribution is 0.674. The molecule has 61 heavy (non-hydrogen) atoms. The van der Waals surface area contributed by atoms with Crippen molar-refractivity contribution >= 4 is 71.6 Å². The molecule has 3 heteroatoms. The number of para-hydroxylation sites is 4. The van der Waals surface area contributed by atoms with Gasteiger partial charge in [0.05, 0.1) is 16.7 Å². The monoisotopic (exact) mass is 778 g/mol. The van der Waals surface area contributed by atoms with E-state index in [1.54, 1.807) is 0 Å². The molecule has 12 rings (SSSR count). The minimum absolute atomic E-state index is 0.908. The van der Waals surface area contributed by atoms with Crippen molar-refractivity contribution < 1.29 is 4.42 Å². The number of aromatic nitrogens is 1. The second-order valence-corrected chi connectivity index (χ2v) is 15.7. The number of rotatable bonds is 7. The Kier molecular flexibility index (Phi) is 8.17. The van der Waals surface area contributed by atoms with Crippen LogP contribution in [-0.4, -0.2) is 4.57 Å². The molecule has 2 heterocycles. The van der Waals surface area contributed by atoms with Crippen molar-refractivity contribution in [3.63, 3.8) is 0 Å². The molecule has 0 aliphatic rings. The molecule has 0 radical (unpaired) electrons. The van der Waals surface area contributed by atoms with Gasteiger partial charge in [-0.05, 0) is 88.3 Å². The molecule has 10 aromatic carbocycles. The highest BCUT2D eigenvalue weighted by atomic mass is 16.3. The van der Waals surface area contributed by atoms with Crippen LogP contribution in [0.25, 0.3) is 93.6 Å². The van der Waals surface area contributed by atoms with Crippen molar-refractivity contribution in [2.45, 2.75) is 0 Å². The minimum atomic E-state index is 0.908. The highest BCUT2D eigenvalue weighted by molar-refractivity contribution is 6.17. The van der Waals surface area contributed by atoms with Crippen molar-refractivity contribution in [1.82, 2.24) is 4.57 Å². The van der Waals surface area contributed by atoms with Gasteiger partial charge in [0.25, 0.3) is 0 Å². The van der Waals surface area contributed by atoms with Crippen molar-refractivity contribution in [2.24, 2.45) is 0 Å². The van der Waals surface area contributed by atoms with Crippen LogP contribution in [0.2, 0.25) is 0 Å². The summed E-state index contributed by atoms with van der Waals surface area (Å²) < 4.78 is 9.11. The van der Waals surface area contributed by atoms with Gasteiger partial charge in [-0.3, -0.25) is 0 Å². The fourth-order valence-electron chi connectivity index (χ4n) is 9.33. The molecular weight excluding hydrogens is 741 g/mol. The Balaban J connectivity index is 0.953. The lowest BCUT2D eigenvalue weighted by Crippen LogP contribution is -2.11. The van der Waals surface area contributed by atoms with Crippen LogP contribution in [0.1, 0.15) is 0 Å². The molecular formula is C58H38N2O. The first-order valence-electron chi connectivity index (χ1n) is 20.8. The molecule has 286 valence electrons. The van der Waals surface area contributed by atoms with Crippen LogP contribution >= 0.6 is 0 Å². The van der Waals surface area contributed by atoms with Gasteiger partial charge in [-0.15, -0.1) is 0 Å². The molecule has 0 fully saturated rings. The Morgan fingerprint density at radius 3 is 1.62 bits per heavy atom. The van der Waals surface area contributed by atoms with E-state index in [1.165, 1.54) is 38.3 Å². The standard InChI is InChI=1S/C58H38N2O/c1-2-14-40(15-3-1)47-19-6-9-25-54(47)59(45-35-30-42(31-36-45)49-23-13-24-52-53-37-32-41-16-4-5-20-48(41)58(53)61-57(49)52)44-33-28-39(29-34-44)43-17-12-18-46(38-43)60-55-26-10-7-21-50(55)51-22-8-11-27-56(51)60/h1-38H. The van der Waals surface area contributed by atoms with Gasteiger partial charge in [-0.2, -0.15) is 0 Å². The summed E-state index contributed by atoms with van der Waals surface area (Å²) in [5, 5.41) is 7.09. The lowest BCUT2D eigenvalue weighted by Gasteiger charge is -2.28. The number of furan rings is 1. The first-order valence-corrected chi connectivity index (χ1v) is 20.8. The van der Waals surface area contributed by atoms with E-state index >= 15 is 0 Å². The van der Waals surface area contributed by atoms with E-state index in [1.807, 2.05) is 0 Å². The summed E-state index contributed by atoms with van der Waals surface area (Å²) in [6.07, 6.45) is 0. The molecule has 0 unspecified atom stereocenters. The van der Waals surface area contributed by atoms with E-state index in [4.69, 9.17) is 4.42 Å². The molecule has 0 saturated carbocycles. The van der Waals surface area contributed by atoms with Crippen molar-refractivity contribution in [1.29, 1.82) is 0 Å². The van der Waals surface area contributed by atoms with Crippen LogP contribution in [-0.2, 0) is 0 Å². The lowest BCUT2D eigenvalue weighted by atomic mass is 9.99. The summed E-state index contributed by atoms with van der Waals surface area (Å²) >= 11 is 0. The van der Waals surface area contributed by atoms with Crippen LogP contribution in [0.3, 0.4) is 0 Å². The topological polar surface area (TPSA) is 21.3 Å². The molecule has 0 spiro atoms. The fraction of sp³-hybridized carbons (Fsp3) is 0. The number of hydrogen-bond acceptors (Lipinski definition) is 2. The molecule has 3 nitrogen and oxygen atoms in total. The zero-order valence-electron chi connectivity index (χ0n) is 33.2. The van der Waals surface area contributed by atoms with Gasteiger partial charge < -0.3 is 13.9 Å². The smallest absolute Gasteiger partial charge is 0.143 e. The maximum Gasteiger partial charge on any atom is 0.143 e. The first-order chi connectivity index (χ1) is 30.3. The first kappa shape index (κ1) is 34.9. The quantitative estimate of drug-likeness (QED) is 0.161. The predicted octanol–water partition coefficient (Wildman–Crippen LogP) is 16.3. The Hall–Kier alpha value is -8.14. The van der Waals surface area contributed by atoms with Gasteiger partial charge in [0.1, 0.15) is 11.2 Å². The van der Waals surface area contributed by atoms with Crippen LogP contribution in [0, 0.1) is 0 Å². The van der Waals surface area contributed by atoms with E-state index in [-0.39, 0.29) is 0 Å². The van der Waals surface area contributed by atoms with Crippen molar-refractivity contribution in [3.8, 4) is 39.1 Å². The molecule has 2 aromatic heterocycles. The minimum Gasteiger partial charge on any atom is -0.455 e. The van der Waals surface area contributed by atoms with E-state index in [0.717, 1.165) is 72.3 Å². The molecule has 12 aromatic rings. The average molecular weight is 779 g/mol. The molecule has 0 aliphatic heterocycles. The van der Waals surface area contributed by atoms with Gasteiger partial charge in [-0.1, -0.05) is 170 Å². The third-order valence-corrected chi connectivity index (χ3v) is 12.2. The van der Waals surface area contributed by atoms with Gasteiger partial charge in [0.15, 0.2) is 0 Å². The van der Waals surface area contributed by atoms with E-state index in [0.29, 0.717) is 0 Å². The van der Waals surface area contributed by atoms with Crippen LogP contribution < -0.4 is 4.90 Å². The number of fused-ring (bicyclic) bond motifs is 8. The second-order valence-electron chi connectivity index (χ2n) is 15.7. The highest BCUT2D eigenvalue weighted by Gasteiger charge is 2.19. The van der Waals surface area contributed by atoms with E-state index < -0.39 is 0 Å². The average Bonchev–Trinajstić information content (AvgIpc) is 3.89. The van der Waals surface area contributed by atoms with Gasteiger partial charge >= 0.3 is 0 Å². The second kappa shape index (κ2) is 14.3. The summed E-state index contributed by atoms with van der Waals surface area (Å²) in [4.78, 5) is 2.37. The van der Waals surface area contributed by atoms with Gasteiger partial charge in [0, 0.05) is 55.1 Å². The molecule has 0 N–H and O–H groups in total. The van der Waals surface area contributed by atoms with Crippen LogP contribution in [0.4, 0.5) is 17.1 Å². The Labute approximate surface area is 353 Å². The number of anilines is 3. The number of benzene rings is 10. The summed E-state index contributed by atoms with van der Waals surface area (Å²) in [6.45, 7) is 0. The largest absolute Gasteiger partial charge is 0.455 e. The summed E-state index contributed by atoms with van der Waals surface area (Å²) in [7, 11) is 0. The predicted molar refractivity (Wildman–Crippen MR) is 257 cm³/mol. The maximum atomic E-state index is 6.73. The van der Waals surface area contributed by atoms with Crippen LogP contribution in [0.15, 0.2) is 235 Å². The zero-order valence-corrected chi connectivity index (χ0v) is 33.2. The molecule has 0 atom stereocenters. The molecule has 0 saturated heterocycles. The SMILES string of the molecule is c1ccc(-c2ccccc2N(c2ccc(-c3cccc(-n4c5ccccc5c5ccccc54)c3)cc2)c2ccc(-c3cccc4c3oc3c5ccccc5ccc43)cc2)cc1. The highest BCUT2D eigenvalue weighted by Crippen LogP contribution is 2.44. The Bertz CT molecular complexity index is 3520. The van der Waals surface area contributed by atoms with Gasteiger partial charge in [-0.25, -0.2) is 0 Å². The van der Waals surface area contributed by atoms with E-state index in [2.05, 4.69) is 240 Å². The summed E-state index contributed by atoms with van der Waals surface area (Å²) in [5.74, 6) is 0. The van der Waals surface area contributed by atoms with E-state index in [9.17, 15) is 0 Å². The maximum absolute atomic E-state index is 6.73. The molecule has 0 bridgehead atoms. The molecule has 0 amide bonds. The normalized spacial score (nSPS) is 11.6. The Morgan fingerprint density at radius 2 is 0.869 bits per heavy atom. The van der Waals surface area contributed by atoms with Crippen molar-refractivity contribution in [3.05, 3.63) is 231 Å². The number of hydrogen-bond donors (Lipinski definition) is 0. The molecule has 0 aliphatic carbocycles. The number of nitrogens with zero attached hydrogens (tertiary/aromatic N) is 2. The van der Waals surface area contributed by atoms with Crippen LogP contribution in [0.5, 0.6) is 0 Å². The van der Waals surface area contributed by atoms with Crippen molar-refractivity contribution in [2.75, 3.05) is 4.90 Å². The zero-order chi connectivity index (χ0) is 40.3. The Morgan fingerprint density at radius 1 is 0.328 bits per heavy atom. The summed E-state index contributed by atoms with van der Waals surface area (Å²) in [5.41, 5.74) is 15.5. The summed E-state index contributed by atoms with van der Waals surface area (Å²) in [6, 6.07) is 82.8.